The number of nitrogens with one attached hydrogen (secondary N) is 1. The number of carbonyl (C=O) groups is 4. The smallest absolute Gasteiger partial charge is 0.416 e. The number of anilines is 1. The summed E-state index contributed by atoms with van der Waals surface area (Å²) < 4.78 is 55.9. The average Bonchev–Trinajstić information content (AvgIpc) is 3.04. The monoisotopic (exact) mass is 651 g/mol. The highest BCUT2D eigenvalue weighted by molar-refractivity contribution is 5.97. The number of ether oxygens (including phenoxy) is 3. The van der Waals surface area contributed by atoms with Crippen molar-refractivity contribution in [3.05, 3.63) is 113 Å². The number of alkyl halides is 3. The molecule has 11 nitrogen and oxygen atoms in total. The third-order valence-corrected chi connectivity index (χ3v) is 6.73. The Balaban J connectivity index is 1.40. The van der Waals surface area contributed by atoms with Gasteiger partial charge in [-0.15, -0.1) is 0 Å². The zero-order valence-electron chi connectivity index (χ0n) is 25.0. The van der Waals surface area contributed by atoms with E-state index in [9.17, 15) is 37.5 Å². The number of pyridine rings is 1. The van der Waals surface area contributed by atoms with E-state index in [0.717, 1.165) is 11.0 Å². The molecule has 0 aliphatic rings. The van der Waals surface area contributed by atoms with E-state index >= 15 is 0 Å². The molecule has 0 fully saturated rings. The van der Waals surface area contributed by atoms with Crippen molar-refractivity contribution >= 4 is 29.4 Å². The second kappa shape index (κ2) is 14.9. The molecule has 0 saturated heterocycles. The molecule has 0 saturated carbocycles. The highest BCUT2D eigenvalue weighted by Crippen LogP contribution is 2.35. The van der Waals surface area contributed by atoms with Crippen LogP contribution in [0.25, 0.3) is 0 Å². The molecule has 2 N–H and O–H groups in total. The Morgan fingerprint density at radius 3 is 2.19 bits per heavy atom. The van der Waals surface area contributed by atoms with Crippen LogP contribution in [-0.4, -0.2) is 59.5 Å². The summed E-state index contributed by atoms with van der Waals surface area (Å²) in [6, 6.07) is 16.4. The Kier molecular flexibility index (Phi) is 10.8. The molecule has 0 unspecified atom stereocenters. The normalized spacial score (nSPS) is 10.9. The second-order valence-electron chi connectivity index (χ2n) is 9.99. The van der Waals surface area contributed by atoms with Gasteiger partial charge in [0.05, 0.1) is 32.4 Å². The molecule has 244 valence electrons. The summed E-state index contributed by atoms with van der Waals surface area (Å²) >= 11 is 0. The lowest BCUT2D eigenvalue weighted by Gasteiger charge is -2.21. The van der Waals surface area contributed by atoms with Gasteiger partial charge in [-0.05, 0) is 65.7 Å². The maximum Gasteiger partial charge on any atom is 0.416 e. The minimum atomic E-state index is -4.70. The van der Waals surface area contributed by atoms with Crippen LogP contribution in [0, 0.1) is 0 Å². The molecule has 1 aromatic heterocycles. The zero-order valence-corrected chi connectivity index (χ0v) is 25.0. The second-order valence-corrected chi connectivity index (χ2v) is 9.99. The van der Waals surface area contributed by atoms with Crippen LogP contribution in [0.1, 0.15) is 37.4 Å². The van der Waals surface area contributed by atoms with Gasteiger partial charge in [0.1, 0.15) is 23.6 Å². The van der Waals surface area contributed by atoms with Gasteiger partial charge in [-0.3, -0.25) is 19.4 Å². The van der Waals surface area contributed by atoms with E-state index < -0.39 is 48.5 Å². The SMILES string of the molecule is COc1ccc(CC(=O)Nc2ccc(C(=O)N(CC(=O)O)Cc3ccc(OC(=O)c4ccncc4OC)cc3)cc2)c(C(F)(F)F)c1. The van der Waals surface area contributed by atoms with Gasteiger partial charge in [-0.2, -0.15) is 13.2 Å². The van der Waals surface area contributed by atoms with Crippen molar-refractivity contribution in [2.24, 2.45) is 0 Å². The predicted octanol–water partition coefficient (Wildman–Crippen LogP) is 5.25. The summed E-state index contributed by atoms with van der Waals surface area (Å²) in [6.45, 7) is -0.723. The number of rotatable bonds is 12. The number of halogens is 3. The first-order chi connectivity index (χ1) is 22.4. The summed E-state index contributed by atoms with van der Waals surface area (Å²) in [6.07, 6.45) is -2.48. The Morgan fingerprint density at radius 1 is 0.894 bits per heavy atom. The van der Waals surface area contributed by atoms with Crippen molar-refractivity contribution in [2.45, 2.75) is 19.1 Å². The molecule has 4 rings (SSSR count). The minimum absolute atomic E-state index is 0.000428. The number of aliphatic carboxylic acids is 1. The van der Waals surface area contributed by atoms with Crippen LogP contribution in [0.15, 0.2) is 85.2 Å². The fourth-order valence-electron chi connectivity index (χ4n) is 4.48. The number of benzene rings is 3. The van der Waals surface area contributed by atoms with Crippen molar-refractivity contribution in [1.82, 2.24) is 9.88 Å². The highest BCUT2D eigenvalue weighted by atomic mass is 19.4. The first-order valence-corrected chi connectivity index (χ1v) is 13.8. The number of methoxy groups -OCH3 is 2. The molecule has 0 aliphatic carbocycles. The summed E-state index contributed by atoms with van der Waals surface area (Å²) in [4.78, 5) is 54.9. The quantitative estimate of drug-likeness (QED) is 0.155. The lowest BCUT2D eigenvalue weighted by atomic mass is 10.0. The summed E-state index contributed by atoms with van der Waals surface area (Å²) in [5.74, 6) is -2.84. The van der Waals surface area contributed by atoms with E-state index in [1.54, 1.807) is 12.1 Å². The van der Waals surface area contributed by atoms with Crippen LogP contribution in [0.3, 0.4) is 0 Å². The van der Waals surface area contributed by atoms with Crippen molar-refractivity contribution in [1.29, 1.82) is 0 Å². The van der Waals surface area contributed by atoms with Crippen LogP contribution >= 0.6 is 0 Å². The number of aromatic nitrogens is 1. The Bertz CT molecular complexity index is 1760. The largest absolute Gasteiger partial charge is 0.497 e. The molecular weight excluding hydrogens is 623 g/mol. The lowest BCUT2D eigenvalue weighted by molar-refractivity contribution is -0.139. The number of carboxylic acid groups (broad SMARTS) is 1. The summed E-state index contributed by atoms with van der Waals surface area (Å²) in [7, 11) is 2.63. The van der Waals surface area contributed by atoms with Crippen LogP contribution in [0.5, 0.6) is 17.2 Å². The molecule has 0 bridgehead atoms. The topological polar surface area (TPSA) is 144 Å². The molecule has 0 aliphatic heterocycles. The number of carboxylic acids is 1. The predicted molar refractivity (Wildman–Crippen MR) is 161 cm³/mol. The van der Waals surface area contributed by atoms with Crippen LogP contribution in [-0.2, 0) is 28.7 Å². The Morgan fingerprint density at radius 2 is 1.57 bits per heavy atom. The molecule has 3 aromatic carbocycles. The van der Waals surface area contributed by atoms with E-state index in [2.05, 4.69) is 10.3 Å². The molecule has 0 radical (unpaired) electrons. The number of hydrogen-bond donors (Lipinski definition) is 2. The fraction of sp³-hybridized carbons (Fsp3) is 0.182. The number of esters is 1. The van der Waals surface area contributed by atoms with Crippen LogP contribution in [0.2, 0.25) is 0 Å². The minimum Gasteiger partial charge on any atom is -0.497 e. The summed E-state index contributed by atoms with van der Waals surface area (Å²) in [5.41, 5.74) is -0.201. The third kappa shape index (κ3) is 9.06. The van der Waals surface area contributed by atoms with Gasteiger partial charge in [-0.25, -0.2) is 4.79 Å². The van der Waals surface area contributed by atoms with Gasteiger partial charge >= 0.3 is 18.1 Å². The van der Waals surface area contributed by atoms with E-state index in [1.807, 2.05) is 0 Å². The van der Waals surface area contributed by atoms with Crippen molar-refractivity contribution in [3.63, 3.8) is 0 Å². The third-order valence-electron chi connectivity index (χ3n) is 6.73. The van der Waals surface area contributed by atoms with Gasteiger partial charge in [0.25, 0.3) is 5.91 Å². The average molecular weight is 652 g/mol. The van der Waals surface area contributed by atoms with Gasteiger partial charge < -0.3 is 29.5 Å². The molecule has 14 heteroatoms. The van der Waals surface area contributed by atoms with Crippen molar-refractivity contribution < 1.29 is 51.7 Å². The first-order valence-electron chi connectivity index (χ1n) is 13.8. The summed E-state index contributed by atoms with van der Waals surface area (Å²) in [5, 5.41) is 11.9. The van der Waals surface area contributed by atoms with Gasteiger partial charge in [0.15, 0.2) is 5.75 Å². The molecule has 1 heterocycles. The van der Waals surface area contributed by atoms with Gasteiger partial charge in [0, 0.05) is 24.0 Å². The first kappa shape index (κ1) is 34.0. The number of hydrogen-bond acceptors (Lipinski definition) is 8. The van der Waals surface area contributed by atoms with E-state index in [-0.39, 0.29) is 46.2 Å². The Labute approximate surface area is 266 Å². The number of nitrogens with zero attached hydrogens (tertiary/aromatic N) is 2. The maximum atomic E-state index is 13.5. The van der Waals surface area contributed by atoms with Crippen LogP contribution in [0.4, 0.5) is 18.9 Å². The van der Waals surface area contributed by atoms with Crippen molar-refractivity contribution in [2.75, 3.05) is 26.1 Å². The van der Waals surface area contributed by atoms with Gasteiger partial charge in [-0.1, -0.05) is 18.2 Å². The lowest BCUT2D eigenvalue weighted by Crippen LogP contribution is -2.35. The zero-order chi connectivity index (χ0) is 34.1. The fourth-order valence-corrected chi connectivity index (χ4v) is 4.48. The van der Waals surface area contributed by atoms with E-state index in [0.29, 0.717) is 5.56 Å². The molecular formula is C33H28F3N3O8. The maximum absolute atomic E-state index is 13.5. The van der Waals surface area contributed by atoms with Crippen LogP contribution < -0.4 is 19.5 Å². The molecule has 4 aromatic rings. The number of carbonyl (C=O) groups excluding carboxylic acids is 3. The van der Waals surface area contributed by atoms with Crippen molar-refractivity contribution in [3.8, 4) is 17.2 Å². The van der Waals surface area contributed by atoms with Gasteiger partial charge in [0.2, 0.25) is 5.91 Å². The number of amides is 2. The standard InChI is InChI=1S/C33H28F3N3O8/c1-45-25-12-7-22(27(16-25)33(34,35)36)15-29(40)38-23-8-5-21(6-9-23)31(43)39(19-30(41)42)18-20-3-10-24(11-4-20)47-32(44)26-13-14-37-17-28(26)46-2/h3-14,16-17H,15,18-19H2,1-2H3,(H,38,40)(H,41,42). The van der Waals surface area contributed by atoms with E-state index in [1.165, 1.54) is 81.2 Å². The van der Waals surface area contributed by atoms with E-state index in [4.69, 9.17) is 14.2 Å². The highest BCUT2D eigenvalue weighted by Gasteiger charge is 2.34. The molecule has 2 amide bonds. The Hall–Kier alpha value is -5.92. The molecule has 0 atom stereocenters. The molecule has 47 heavy (non-hydrogen) atoms. The molecule has 0 spiro atoms.